The third-order valence-electron chi connectivity index (χ3n) is 4.29. The van der Waals surface area contributed by atoms with Crippen LogP contribution in [0.4, 0.5) is 18.9 Å². The molecule has 0 saturated heterocycles. The van der Waals surface area contributed by atoms with Crippen LogP contribution in [0.25, 0.3) is 0 Å². The number of carbonyl (C=O) groups excluding carboxylic acids is 1. The van der Waals surface area contributed by atoms with Gasteiger partial charge >= 0.3 is 6.18 Å². The van der Waals surface area contributed by atoms with E-state index in [9.17, 15) is 18.0 Å². The van der Waals surface area contributed by atoms with Gasteiger partial charge in [-0.2, -0.15) is 13.2 Å². The number of furan rings is 1. The third-order valence-corrected chi connectivity index (χ3v) is 4.53. The Kier molecular flexibility index (Phi) is 5.93. The first-order valence-corrected chi connectivity index (χ1v) is 9.01. The number of nitrogens with one attached hydrogen (secondary N) is 1. The summed E-state index contributed by atoms with van der Waals surface area (Å²) in [5.74, 6) is 0.129. The lowest BCUT2D eigenvalue weighted by Crippen LogP contribution is -2.20. The third kappa shape index (κ3) is 5.14. The van der Waals surface area contributed by atoms with E-state index in [0.29, 0.717) is 17.8 Å². The predicted molar refractivity (Wildman–Crippen MR) is 103 cm³/mol. The second kappa shape index (κ2) is 8.24. The van der Waals surface area contributed by atoms with Gasteiger partial charge in [0.15, 0.2) is 6.61 Å². The van der Waals surface area contributed by atoms with Crippen LogP contribution in [-0.4, -0.2) is 23.3 Å². The van der Waals surface area contributed by atoms with Gasteiger partial charge in [-0.3, -0.25) is 4.79 Å². The lowest BCUT2D eigenvalue weighted by molar-refractivity contribution is -0.153. The van der Waals surface area contributed by atoms with Crippen LogP contribution in [0.5, 0.6) is 5.75 Å². The fourth-order valence-corrected chi connectivity index (χ4v) is 3.08. The van der Waals surface area contributed by atoms with Gasteiger partial charge in [-0.05, 0) is 50.2 Å². The Bertz CT molecular complexity index is 1010. The van der Waals surface area contributed by atoms with Crippen molar-refractivity contribution in [3.8, 4) is 5.75 Å². The number of hydrogen-bond acceptors (Lipinski definition) is 3. The second-order valence-electron chi connectivity index (χ2n) is 6.45. The molecule has 3 aromatic rings. The maximum absolute atomic E-state index is 12.8. The zero-order chi connectivity index (χ0) is 21.2. The van der Waals surface area contributed by atoms with Crippen LogP contribution in [0.15, 0.2) is 47.1 Å². The molecule has 1 amide bonds. The summed E-state index contributed by atoms with van der Waals surface area (Å²) < 4.78 is 49.5. The predicted octanol–water partition coefficient (Wildman–Crippen LogP) is 5.59. The van der Waals surface area contributed by atoms with Gasteiger partial charge in [0.05, 0.1) is 24.1 Å². The molecule has 0 atom stereocenters. The van der Waals surface area contributed by atoms with Crippen LogP contribution in [0.3, 0.4) is 0 Å². The van der Waals surface area contributed by atoms with E-state index in [1.165, 1.54) is 18.2 Å². The number of aromatic nitrogens is 1. The van der Waals surface area contributed by atoms with Crippen LogP contribution in [0, 0.1) is 13.8 Å². The molecule has 0 unspecified atom stereocenters. The molecule has 2 aromatic heterocycles. The molecule has 0 radical (unpaired) electrons. The summed E-state index contributed by atoms with van der Waals surface area (Å²) in [6.45, 7) is 2.61. The van der Waals surface area contributed by atoms with Crippen molar-refractivity contribution in [2.45, 2.75) is 26.6 Å². The number of amides is 1. The number of benzene rings is 1. The molecule has 0 fully saturated rings. The Morgan fingerprint density at radius 1 is 1.24 bits per heavy atom. The SMILES string of the molecule is Cc1cc(C(=O)Nc2cc(Cl)ccc2OCC(F)(F)F)c(C)n1Cc1ccco1. The van der Waals surface area contributed by atoms with E-state index < -0.39 is 18.7 Å². The summed E-state index contributed by atoms with van der Waals surface area (Å²) in [5, 5.41) is 2.84. The summed E-state index contributed by atoms with van der Waals surface area (Å²) in [6.07, 6.45) is -2.93. The van der Waals surface area contributed by atoms with E-state index in [1.807, 2.05) is 17.6 Å². The largest absolute Gasteiger partial charge is 0.482 e. The maximum Gasteiger partial charge on any atom is 0.422 e. The highest BCUT2D eigenvalue weighted by Crippen LogP contribution is 2.30. The first kappa shape index (κ1) is 20.9. The van der Waals surface area contributed by atoms with Crippen molar-refractivity contribution in [2.24, 2.45) is 0 Å². The Hall–Kier alpha value is -2.87. The van der Waals surface area contributed by atoms with E-state index in [-0.39, 0.29) is 16.5 Å². The summed E-state index contributed by atoms with van der Waals surface area (Å²) in [7, 11) is 0. The number of ether oxygens (including phenoxy) is 1. The number of nitrogens with zero attached hydrogens (tertiary/aromatic N) is 1. The summed E-state index contributed by atoms with van der Waals surface area (Å²) in [5.41, 5.74) is 1.97. The number of aryl methyl sites for hydroxylation is 1. The fraction of sp³-hybridized carbons (Fsp3) is 0.250. The highest BCUT2D eigenvalue weighted by Gasteiger charge is 2.29. The first-order chi connectivity index (χ1) is 13.6. The Balaban J connectivity index is 1.83. The van der Waals surface area contributed by atoms with Gasteiger partial charge in [0.25, 0.3) is 5.91 Å². The molecule has 0 saturated carbocycles. The number of alkyl halides is 3. The number of carbonyl (C=O) groups is 1. The monoisotopic (exact) mass is 426 g/mol. The Morgan fingerprint density at radius 3 is 2.66 bits per heavy atom. The molecule has 0 aliphatic carbocycles. The molecule has 154 valence electrons. The van der Waals surface area contributed by atoms with Gasteiger partial charge in [0.1, 0.15) is 11.5 Å². The fourth-order valence-electron chi connectivity index (χ4n) is 2.91. The molecule has 9 heteroatoms. The van der Waals surface area contributed by atoms with Crippen LogP contribution >= 0.6 is 11.6 Å². The number of anilines is 1. The zero-order valence-corrected chi connectivity index (χ0v) is 16.4. The molecule has 1 N–H and O–H groups in total. The molecular weight excluding hydrogens is 409 g/mol. The summed E-state index contributed by atoms with van der Waals surface area (Å²) >= 11 is 5.93. The second-order valence-corrected chi connectivity index (χ2v) is 6.89. The van der Waals surface area contributed by atoms with E-state index in [0.717, 1.165) is 11.5 Å². The normalized spacial score (nSPS) is 11.5. The van der Waals surface area contributed by atoms with Crippen molar-refractivity contribution in [2.75, 3.05) is 11.9 Å². The first-order valence-electron chi connectivity index (χ1n) is 8.63. The van der Waals surface area contributed by atoms with Crippen molar-refractivity contribution in [3.63, 3.8) is 0 Å². The van der Waals surface area contributed by atoms with E-state index in [1.54, 1.807) is 25.3 Å². The molecule has 2 heterocycles. The van der Waals surface area contributed by atoms with Crippen molar-refractivity contribution < 1.29 is 27.1 Å². The van der Waals surface area contributed by atoms with Crippen molar-refractivity contribution in [1.29, 1.82) is 0 Å². The quantitative estimate of drug-likeness (QED) is 0.558. The van der Waals surface area contributed by atoms with Crippen LogP contribution < -0.4 is 10.1 Å². The Labute approximate surface area is 170 Å². The van der Waals surface area contributed by atoms with Gasteiger partial charge in [-0.15, -0.1) is 0 Å². The molecular formula is C20H18ClF3N2O3. The van der Waals surface area contributed by atoms with E-state index in [2.05, 4.69) is 5.32 Å². The summed E-state index contributed by atoms with van der Waals surface area (Å²) in [6, 6.07) is 9.32. The smallest absolute Gasteiger partial charge is 0.422 e. The zero-order valence-electron chi connectivity index (χ0n) is 15.6. The topological polar surface area (TPSA) is 56.4 Å². The minimum atomic E-state index is -4.50. The maximum atomic E-state index is 12.8. The van der Waals surface area contributed by atoms with Gasteiger partial charge < -0.3 is 19.0 Å². The van der Waals surface area contributed by atoms with Crippen LogP contribution in [0.2, 0.25) is 5.02 Å². The van der Waals surface area contributed by atoms with E-state index >= 15 is 0 Å². The van der Waals surface area contributed by atoms with Crippen molar-refractivity contribution in [3.05, 3.63) is 70.4 Å². The van der Waals surface area contributed by atoms with Gasteiger partial charge in [-0.1, -0.05) is 11.6 Å². The van der Waals surface area contributed by atoms with Crippen LogP contribution in [0.1, 0.15) is 27.5 Å². The molecule has 5 nitrogen and oxygen atoms in total. The molecule has 0 bridgehead atoms. The lowest BCUT2D eigenvalue weighted by atomic mass is 10.2. The van der Waals surface area contributed by atoms with Crippen molar-refractivity contribution >= 4 is 23.2 Å². The van der Waals surface area contributed by atoms with Gasteiger partial charge in [0, 0.05) is 16.4 Å². The number of halogens is 4. The highest BCUT2D eigenvalue weighted by molar-refractivity contribution is 6.31. The van der Waals surface area contributed by atoms with Crippen LogP contribution in [-0.2, 0) is 6.54 Å². The molecule has 29 heavy (non-hydrogen) atoms. The molecule has 0 spiro atoms. The lowest BCUT2D eigenvalue weighted by Gasteiger charge is -2.14. The van der Waals surface area contributed by atoms with Gasteiger partial charge in [0.2, 0.25) is 0 Å². The molecule has 1 aromatic carbocycles. The number of rotatable bonds is 6. The van der Waals surface area contributed by atoms with Gasteiger partial charge in [-0.25, -0.2) is 0 Å². The summed E-state index contributed by atoms with van der Waals surface area (Å²) in [4.78, 5) is 12.8. The van der Waals surface area contributed by atoms with Crippen molar-refractivity contribution in [1.82, 2.24) is 4.57 Å². The molecule has 3 rings (SSSR count). The molecule has 0 aliphatic heterocycles. The van der Waals surface area contributed by atoms with E-state index in [4.69, 9.17) is 20.8 Å². The molecule has 0 aliphatic rings. The minimum Gasteiger partial charge on any atom is -0.482 e. The number of hydrogen-bond donors (Lipinski definition) is 1. The minimum absolute atomic E-state index is 0.0580. The Morgan fingerprint density at radius 2 is 2.00 bits per heavy atom. The highest BCUT2D eigenvalue weighted by atomic mass is 35.5. The average molecular weight is 427 g/mol. The average Bonchev–Trinajstić information content (AvgIpc) is 3.24. The standard InChI is InChI=1S/C20H18ClF3N2O3/c1-12-8-16(13(2)26(12)10-15-4-3-7-28-15)19(27)25-17-9-14(21)5-6-18(17)29-11-20(22,23)24/h3-9H,10-11H2,1-2H3,(H,25,27).